The molecule has 0 saturated carbocycles. The van der Waals surface area contributed by atoms with Gasteiger partial charge in [0.25, 0.3) is 0 Å². The van der Waals surface area contributed by atoms with Crippen LogP contribution in [0.2, 0.25) is 0 Å². The van der Waals surface area contributed by atoms with Crippen molar-refractivity contribution < 1.29 is 4.79 Å². The molecular formula is C5H4ClNOS. The molecule has 0 unspecified atom stereocenters. The Labute approximate surface area is 61.5 Å². The predicted octanol–water partition coefficient (Wildman–Crippen LogP) is 2.52. The van der Waals surface area contributed by atoms with Crippen LogP contribution in [0.3, 0.4) is 0 Å². The Balaban J connectivity index is 2.58. The molecule has 0 aromatic carbocycles. The van der Waals surface area contributed by atoms with E-state index in [1.54, 1.807) is 6.07 Å². The number of hydrogen-bond donors (Lipinski definition) is 1. The van der Waals surface area contributed by atoms with Gasteiger partial charge < -0.3 is 5.32 Å². The molecule has 48 valence electrons. The van der Waals surface area contributed by atoms with E-state index in [2.05, 4.69) is 5.32 Å². The highest BCUT2D eigenvalue weighted by Gasteiger charge is 1.94. The summed E-state index contributed by atoms with van der Waals surface area (Å²) in [6.07, 6.45) is 0. The van der Waals surface area contributed by atoms with E-state index in [0.29, 0.717) is 0 Å². The van der Waals surface area contributed by atoms with Crippen LogP contribution in [0.15, 0.2) is 17.5 Å². The molecule has 0 radical (unpaired) electrons. The summed E-state index contributed by atoms with van der Waals surface area (Å²) in [6, 6.07) is 3.62. The van der Waals surface area contributed by atoms with E-state index >= 15 is 0 Å². The van der Waals surface area contributed by atoms with Crippen LogP contribution in [0.5, 0.6) is 0 Å². The fourth-order valence-corrected chi connectivity index (χ4v) is 1.22. The van der Waals surface area contributed by atoms with Crippen molar-refractivity contribution >= 4 is 33.3 Å². The summed E-state index contributed by atoms with van der Waals surface area (Å²) in [7, 11) is 0. The van der Waals surface area contributed by atoms with Crippen molar-refractivity contribution in [2.24, 2.45) is 0 Å². The van der Waals surface area contributed by atoms with Crippen LogP contribution in [0, 0.1) is 0 Å². The predicted molar refractivity (Wildman–Crippen MR) is 39.2 cm³/mol. The molecule has 0 fully saturated rings. The van der Waals surface area contributed by atoms with Crippen LogP contribution in [0.1, 0.15) is 0 Å². The number of amides is 1. The van der Waals surface area contributed by atoms with E-state index in [9.17, 15) is 4.79 Å². The van der Waals surface area contributed by atoms with Gasteiger partial charge in [-0.2, -0.15) is 0 Å². The molecule has 4 heteroatoms. The lowest BCUT2D eigenvalue weighted by Gasteiger charge is -1.90. The summed E-state index contributed by atoms with van der Waals surface area (Å²) in [5.74, 6) is 0. The van der Waals surface area contributed by atoms with Crippen LogP contribution in [0.25, 0.3) is 0 Å². The molecule has 1 aromatic rings. The smallest absolute Gasteiger partial charge is 0.304 e. The second kappa shape index (κ2) is 2.85. The molecule has 1 aromatic heterocycles. The SMILES string of the molecule is O=C(Cl)Nc1cccs1. The first-order chi connectivity index (χ1) is 4.29. The third kappa shape index (κ3) is 2.03. The van der Waals surface area contributed by atoms with Gasteiger partial charge >= 0.3 is 5.37 Å². The van der Waals surface area contributed by atoms with E-state index in [1.807, 2.05) is 11.4 Å². The van der Waals surface area contributed by atoms with Gasteiger partial charge in [0.2, 0.25) is 0 Å². The second-order valence-electron chi connectivity index (χ2n) is 1.38. The maximum Gasteiger partial charge on any atom is 0.318 e. The van der Waals surface area contributed by atoms with Crippen LogP contribution >= 0.6 is 22.9 Å². The zero-order chi connectivity index (χ0) is 6.69. The molecule has 1 amide bonds. The average molecular weight is 162 g/mol. The summed E-state index contributed by atoms with van der Waals surface area (Å²) < 4.78 is 0. The second-order valence-corrected chi connectivity index (χ2v) is 2.67. The van der Waals surface area contributed by atoms with E-state index in [0.717, 1.165) is 5.00 Å². The maximum absolute atomic E-state index is 10.2. The highest BCUT2D eigenvalue weighted by atomic mass is 35.5. The largest absolute Gasteiger partial charge is 0.318 e. The first kappa shape index (κ1) is 6.58. The van der Waals surface area contributed by atoms with Crippen molar-refractivity contribution in [2.75, 3.05) is 5.32 Å². The van der Waals surface area contributed by atoms with Crippen molar-refractivity contribution in [3.05, 3.63) is 17.5 Å². The topological polar surface area (TPSA) is 29.1 Å². The number of nitrogens with one attached hydrogen (secondary N) is 1. The Morgan fingerprint density at radius 1 is 1.78 bits per heavy atom. The fourth-order valence-electron chi connectivity index (χ4n) is 0.447. The molecule has 1 heterocycles. The molecule has 0 aliphatic carbocycles. The van der Waals surface area contributed by atoms with Gasteiger partial charge in [-0.1, -0.05) is 0 Å². The number of thiophene rings is 1. The zero-order valence-electron chi connectivity index (χ0n) is 4.43. The van der Waals surface area contributed by atoms with Crippen molar-refractivity contribution in [1.82, 2.24) is 0 Å². The highest BCUT2D eigenvalue weighted by molar-refractivity contribution is 7.14. The van der Waals surface area contributed by atoms with Gasteiger partial charge in [-0.25, -0.2) is 0 Å². The number of carbonyl (C=O) groups is 1. The Hall–Kier alpha value is -0.540. The van der Waals surface area contributed by atoms with Crippen LogP contribution in [-0.2, 0) is 0 Å². The van der Waals surface area contributed by atoms with E-state index < -0.39 is 5.37 Å². The van der Waals surface area contributed by atoms with Gasteiger partial charge in [-0.15, -0.1) is 11.3 Å². The fraction of sp³-hybridized carbons (Fsp3) is 0. The maximum atomic E-state index is 10.2. The van der Waals surface area contributed by atoms with Crippen molar-refractivity contribution in [2.45, 2.75) is 0 Å². The Morgan fingerprint density at radius 2 is 2.56 bits per heavy atom. The number of halogens is 1. The van der Waals surface area contributed by atoms with Gasteiger partial charge in [0.1, 0.15) is 0 Å². The number of hydrogen-bond acceptors (Lipinski definition) is 2. The third-order valence-electron chi connectivity index (χ3n) is 0.743. The lowest BCUT2D eigenvalue weighted by atomic mass is 10.6. The van der Waals surface area contributed by atoms with Crippen molar-refractivity contribution in [1.29, 1.82) is 0 Å². The Kier molecular flexibility index (Phi) is 2.08. The van der Waals surface area contributed by atoms with Gasteiger partial charge in [-0.3, -0.25) is 4.79 Å². The molecule has 2 nitrogen and oxygen atoms in total. The molecule has 0 saturated heterocycles. The standard InChI is InChI=1S/C5H4ClNOS/c6-5(8)7-4-2-1-3-9-4/h1-3H,(H,7,8). The van der Waals surface area contributed by atoms with Gasteiger partial charge in [0.15, 0.2) is 0 Å². The quantitative estimate of drug-likeness (QED) is 0.498. The number of anilines is 1. The van der Waals surface area contributed by atoms with Gasteiger partial charge in [0.05, 0.1) is 5.00 Å². The van der Waals surface area contributed by atoms with E-state index in [-0.39, 0.29) is 0 Å². The zero-order valence-corrected chi connectivity index (χ0v) is 6.00. The third-order valence-corrected chi connectivity index (χ3v) is 1.62. The normalized spacial score (nSPS) is 9.00. The Bertz CT molecular complexity index is 197. The van der Waals surface area contributed by atoms with Crippen LogP contribution < -0.4 is 5.32 Å². The Morgan fingerprint density at radius 3 is 3.00 bits per heavy atom. The first-order valence-electron chi connectivity index (χ1n) is 2.29. The molecule has 0 aliphatic heterocycles. The van der Waals surface area contributed by atoms with Gasteiger partial charge in [-0.05, 0) is 29.1 Å². The minimum atomic E-state index is -0.544. The molecule has 1 rings (SSSR count). The molecule has 0 aliphatic rings. The summed E-state index contributed by atoms with van der Waals surface area (Å²) in [5.41, 5.74) is 0. The lowest BCUT2D eigenvalue weighted by Crippen LogP contribution is -1.97. The summed E-state index contributed by atoms with van der Waals surface area (Å²) in [6.45, 7) is 0. The van der Waals surface area contributed by atoms with Crippen LogP contribution in [0.4, 0.5) is 9.80 Å². The molecule has 9 heavy (non-hydrogen) atoms. The summed E-state index contributed by atoms with van der Waals surface area (Å²) >= 11 is 6.46. The van der Waals surface area contributed by atoms with Crippen molar-refractivity contribution in [3.8, 4) is 0 Å². The molecular weight excluding hydrogens is 158 g/mol. The number of rotatable bonds is 1. The monoisotopic (exact) mass is 161 g/mol. The average Bonchev–Trinajstić information content (AvgIpc) is 2.15. The first-order valence-corrected chi connectivity index (χ1v) is 3.55. The van der Waals surface area contributed by atoms with Crippen molar-refractivity contribution in [3.63, 3.8) is 0 Å². The molecule has 1 N–H and O–H groups in total. The minimum absolute atomic E-state index is 0.544. The summed E-state index contributed by atoms with van der Waals surface area (Å²) in [4.78, 5) is 10.2. The molecule has 0 atom stereocenters. The molecule has 0 spiro atoms. The highest BCUT2D eigenvalue weighted by Crippen LogP contribution is 2.14. The van der Waals surface area contributed by atoms with Gasteiger partial charge in [0, 0.05) is 0 Å². The van der Waals surface area contributed by atoms with E-state index in [1.165, 1.54) is 11.3 Å². The summed E-state index contributed by atoms with van der Waals surface area (Å²) in [5, 5.41) is 4.52. The lowest BCUT2D eigenvalue weighted by molar-refractivity contribution is 0.269. The van der Waals surface area contributed by atoms with Crippen LogP contribution in [-0.4, -0.2) is 5.37 Å². The number of carbonyl (C=O) groups excluding carboxylic acids is 1. The minimum Gasteiger partial charge on any atom is -0.304 e. The molecule has 0 bridgehead atoms. The van der Waals surface area contributed by atoms with E-state index in [4.69, 9.17) is 11.6 Å².